The lowest BCUT2D eigenvalue weighted by molar-refractivity contribution is -0.137. The topological polar surface area (TPSA) is 23.6 Å². The van der Waals surface area contributed by atoms with Crippen molar-refractivity contribution in [1.82, 2.24) is 10.0 Å². The Morgan fingerprint density at radius 3 is 2.45 bits per heavy atom. The number of nitrogens with zero attached hydrogens (tertiary/aromatic N) is 2. The Morgan fingerprint density at radius 2 is 2.09 bits per heavy atom. The van der Waals surface area contributed by atoms with Crippen LogP contribution >= 0.6 is 0 Å². The number of hydrogen-bond acceptors (Lipinski definition) is 2. The average molecular weight is 156 g/mol. The van der Waals surface area contributed by atoms with Gasteiger partial charge < -0.3 is 0 Å². The number of amides is 1. The second kappa shape index (κ2) is 3.22. The van der Waals surface area contributed by atoms with Crippen molar-refractivity contribution in [2.45, 2.75) is 33.2 Å². The molecule has 1 aliphatic heterocycles. The maximum atomic E-state index is 11.3. The maximum absolute atomic E-state index is 11.3. The molecule has 1 atom stereocenters. The van der Waals surface area contributed by atoms with Crippen molar-refractivity contribution in [3.05, 3.63) is 0 Å². The first-order valence-electron chi connectivity index (χ1n) is 4.27. The Morgan fingerprint density at radius 1 is 1.45 bits per heavy atom. The summed E-state index contributed by atoms with van der Waals surface area (Å²) in [5.41, 5.74) is 0. The molecule has 3 heteroatoms. The third-order valence-electron chi connectivity index (χ3n) is 2.20. The van der Waals surface area contributed by atoms with Gasteiger partial charge in [0.25, 0.3) is 0 Å². The van der Waals surface area contributed by atoms with E-state index in [4.69, 9.17) is 0 Å². The van der Waals surface area contributed by atoms with Gasteiger partial charge in [0.05, 0.1) is 0 Å². The number of carbonyl (C=O) groups excluding carboxylic acids is 1. The summed E-state index contributed by atoms with van der Waals surface area (Å²) in [4.78, 5) is 11.3. The summed E-state index contributed by atoms with van der Waals surface area (Å²) in [6, 6.07) is 0.396. The number of hydrogen-bond donors (Lipinski definition) is 0. The van der Waals surface area contributed by atoms with E-state index in [9.17, 15) is 4.79 Å². The van der Waals surface area contributed by atoms with Gasteiger partial charge in [-0.05, 0) is 13.8 Å². The van der Waals surface area contributed by atoms with Crippen molar-refractivity contribution >= 4 is 5.91 Å². The largest absolute Gasteiger partial charge is 0.275 e. The molecule has 0 bridgehead atoms. The summed E-state index contributed by atoms with van der Waals surface area (Å²) in [6.07, 6.45) is 0.682. The molecular weight excluding hydrogens is 140 g/mol. The molecule has 1 saturated heterocycles. The van der Waals surface area contributed by atoms with Crippen LogP contribution in [-0.2, 0) is 4.79 Å². The normalized spacial score (nSPS) is 26.6. The van der Waals surface area contributed by atoms with Gasteiger partial charge in [0.15, 0.2) is 0 Å². The van der Waals surface area contributed by atoms with E-state index in [1.165, 1.54) is 0 Å². The lowest BCUT2D eigenvalue weighted by Gasteiger charge is -2.28. The van der Waals surface area contributed by atoms with Gasteiger partial charge in [0, 0.05) is 25.6 Å². The molecular formula is C8H16N2O. The summed E-state index contributed by atoms with van der Waals surface area (Å²) in [5.74, 6) is 0.266. The van der Waals surface area contributed by atoms with Gasteiger partial charge in [-0.1, -0.05) is 6.92 Å². The zero-order chi connectivity index (χ0) is 8.43. The van der Waals surface area contributed by atoms with Crippen LogP contribution in [0.2, 0.25) is 0 Å². The molecule has 11 heavy (non-hydrogen) atoms. The number of rotatable bonds is 2. The highest BCUT2D eigenvalue weighted by Crippen LogP contribution is 2.17. The van der Waals surface area contributed by atoms with Crippen LogP contribution in [0.25, 0.3) is 0 Å². The predicted octanol–water partition coefficient (Wildman–Crippen LogP) is 0.864. The van der Waals surface area contributed by atoms with E-state index in [1.807, 2.05) is 11.9 Å². The Balaban J connectivity index is 2.66. The van der Waals surface area contributed by atoms with Crippen LogP contribution < -0.4 is 0 Å². The molecule has 64 valence electrons. The van der Waals surface area contributed by atoms with Gasteiger partial charge in [0.1, 0.15) is 0 Å². The molecule has 1 fully saturated rings. The summed E-state index contributed by atoms with van der Waals surface area (Å²) >= 11 is 0. The molecule has 0 aromatic heterocycles. The molecule has 1 aliphatic rings. The molecule has 0 aromatic rings. The third kappa shape index (κ3) is 1.38. The van der Waals surface area contributed by atoms with Gasteiger partial charge in [-0.15, -0.1) is 0 Å². The molecule has 1 rings (SSSR count). The average Bonchev–Trinajstić information content (AvgIpc) is 2.24. The zero-order valence-corrected chi connectivity index (χ0v) is 7.50. The van der Waals surface area contributed by atoms with Crippen LogP contribution in [0, 0.1) is 0 Å². The number of hydrazine groups is 1. The quantitative estimate of drug-likeness (QED) is 0.592. The molecule has 0 spiro atoms. The molecule has 0 radical (unpaired) electrons. The summed E-state index contributed by atoms with van der Waals surface area (Å²) in [6.45, 7) is 7.92. The Bertz CT molecular complexity index is 158. The fourth-order valence-electron chi connectivity index (χ4n) is 1.69. The summed E-state index contributed by atoms with van der Waals surface area (Å²) in [7, 11) is 0. The third-order valence-corrected chi connectivity index (χ3v) is 2.20. The Hall–Kier alpha value is -0.570. The Labute approximate surface area is 67.9 Å². The second-order valence-corrected chi connectivity index (χ2v) is 2.92. The van der Waals surface area contributed by atoms with Gasteiger partial charge >= 0.3 is 0 Å². The van der Waals surface area contributed by atoms with Gasteiger partial charge in [-0.25, -0.2) is 5.01 Å². The van der Waals surface area contributed by atoms with E-state index in [1.54, 1.807) is 0 Å². The lowest BCUT2D eigenvalue weighted by Crippen LogP contribution is -2.41. The molecule has 1 amide bonds. The minimum atomic E-state index is 0.266. The molecule has 1 heterocycles. The first-order chi connectivity index (χ1) is 5.20. The van der Waals surface area contributed by atoms with Gasteiger partial charge in [-0.3, -0.25) is 9.80 Å². The van der Waals surface area contributed by atoms with E-state index in [0.717, 1.165) is 13.1 Å². The molecule has 0 aliphatic carbocycles. The van der Waals surface area contributed by atoms with Crippen LogP contribution in [-0.4, -0.2) is 35.1 Å². The van der Waals surface area contributed by atoms with E-state index >= 15 is 0 Å². The van der Waals surface area contributed by atoms with Gasteiger partial charge in [-0.2, -0.15) is 0 Å². The van der Waals surface area contributed by atoms with Crippen molar-refractivity contribution in [3.63, 3.8) is 0 Å². The van der Waals surface area contributed by atoms with Crippen molar-refractivity contribution in [1.29, 1.82) is 0 Å². The van der Waals surface area contributed by atoms with Crippen LogP contribution in [0.4, 0.5) is 0 Å². The molecule has 0 aromatic carbocycles. The summed E-state index contributed by atoms with van der Waals surface area (Å²) in [5, 5.41) is 3.97. The van der Waals surface area contributed by atoms with E-state index in [2.05, 4.69) is 18.9 Å². The first-order valence-corrected chi connectivity index (χ1v) is 4.27. The van der Waals surface area contributed by atoms with Crippen molar-refractivity contribution in [3.8, 4) is 0 Å². The van der Waals surface area contributed by atoms with Gasteiger partial charge in [0.2, 0.25) is 5.91 Å². The van der Waals surface area contributed by atoms with E-state index in [-0.39, 0.29) is 5.91 Å². The lowest BCUT2D eigenvalue weighted by atomic mass is 10.2. The van der Waals surface area contributed by atoms with Crippen LogP contribution in [0.5, 0.6) is 0 Å². The number of carbonyl (C=O) groups is 1. The maximum Gasteiger partial charge on any atom is 0.238 e. The zero-order valence-electron chi connectivity index (χ0n) is 7.50. The highest BCUT2D eigenvalue weighted by molar-refractivity contribution is 5.78. The molecule has 3 nitrogen and oxygen atoms in total. The first kappa shape index (κ1) is 8.53. The van der Waals surface area contributed by atoms with Crippen molar-refractivity contribution < 1.29 is 4.79 Å². The van der Waals surface area contributed by atoms with E-state index in [0.29, 0.717) is 12.5 Å². The summed E-state index contributed by atoms with van der Waals surface area (Å²) < 4.78 is 0. The van der Waals surface area contributed by atoms with Crippen molar-refractivity contribution in [2.75, 3.05) is 13.1 Å². The smallest absolute Gasteiger partial charge is 0.238 e. The fraction of sp³-hybridized carbons (Fsp3) is 0.875. The standard InChI is InChI=1S/C8H16N2O/c1-4-9-7(3)6-8(11)10(9)5-2/h7H,4-6H2,1-3H3. The second-order valence-electron chi connectivity index (χ2n) is 2.92. The Kier molecular flexibility index (Phi) is 2.49. The minimum absolute atomic E-state index is 0.266. The predicted molar refractivity (Wildman–Crippen MR) is 43.8 cm³/mol. The monoisotopic (exact) mass is 156 g/mol. The fourth-order valence-corrected chi connectivity index (χ4v) is 1.69. The van der Waals surface area contributed by atoms with E-state index < -0.39 is 0 Å². The molecule has 0 N–H and O–H groups in total. The molecule has 0 saturated carbocycles. The molecule has 1 unspecified atom stereocenters. The van der Waals surface area contributed by atoms with Crippen molar-refractivity contribution in [2.24, 2.45) is 0 Å². The SMILES string of the molecule is CCN1C(=O)CC(C)N1CC. The highest BCUT2D eigenvalue weighted by atomic mass is 16.2. The van der Waals surface area contributed by atoms with Crippen LogP contribution in [0.1, 0.15) is 27.2 Å². The van der Waals surface area contributed by atoms with Crippen LogP contribution in [0.3, 0.4) is 0 Å². The highest BCUT2D eigenvalue weighted by Gasteiger charge is 2.32. The minimum Gasteiger partial charge on any atom is -0.275 e. The van der Waals surface area contributed by atoms with Crippen LogP contribution in [0.15, 0.2) is 0 Å².